The Morgan fingerprint density at radius 3 is 2.74 bits per heavy atom. The van der Waals surface area contributed by atoms with Gasteiger partial charge in [0.05, 0.1) is 10.6 Å². The second-order valence-corrected chi connectivity index (χ2v) is 9.26. The van der Waals surface area contributed by atoms with Crippen LogP contribution in [0, 0.1) is 5.92 Å². The molecule has 1 aromatic heterocycles. The smallest absolute Gasteiger partial charge is 0.326 e. The van der Waals surface area contributed by atoms with E-state index >= 15 is 0 Å². The highest BCUT2D eigenvalue weighted by molar-refractivity contribution is 8.26. The standard InChI is InChI=1S/C22H20N2O5S2/c1-12(2)7-16(21(26)27)24-20(25)19(31-22(24)30)8-13-3-5-15(23-10-13)14-4-6-17-18(9-14)29-11-28-17/h3-6,8-10,12,16H,7,11H2,1-2H3,(H,26,27). The number of carbonyl (C=O) groups excluding carboxylic acids is 1. The minimum Gasteiger partial charge on any atom is -0.480 e. The summed E-state index contributed by atoms with van der Waals surface area (Å²) in [6.45, 7) is 4.04. The topological polar surface area (TPSA) is 89.0 Å². The first-order valence-corrected chi connectivity index (χ1v) is 10.9. The predicted molar refractivity (Wildman–Crippen MR) is 122 cm³/mol. The van der Waals surface area contributed by atoms with Crippen molar-refractivity contribution < 1.29 is 24.2 Å². The van der Waals surface area contributed by atoms with Crippen LogP contribution in [0.15, 0.2) is 41.4 Å². The lowest BCUT2D eigenvalue weighted by Gasteiger charge is -2.24. The van der Waals surface area contributed by atoms with E-state index < -0.39 is 12.0 Å². The summed E-state index contributed by atoms with van der Waals surface area (Å²) >= 11 is 6.42. The molecular weight excluding hydrogens is 436 g/mol. The molecule has 160 valence electrons. The van der Waals surface area contributed by atoms with Crippen LogP contribution in [0.4, 0.5) is 0 Å². The first-order chi connectivity index (χ1) is 14.8. The molecule has 1 atom stereocenters. The fourth-order valence-electron chi connectivity index (χ4n) is 3.38. The number of nitrogens with zero attached hydrogens (tertiary/aromatic N) is 2. The summed E-state index contributed by atoms with van der Waals surface area (Å²) in [6, 6.07) is 8.35. The Labute approximate surface area is 189 Å². The van der Waals surface area contributed by atoms with Crippen LogP contribution in [0.1, 0.15) is 25.8 Å². The first kappa shape index (κ1) is 21.3. The number of pyridine rings is 1. The molecule has 2 aliphatic rings. The van der Waals surface area contributed by atoms with Gasteiger partial charge in [0.2, 0.25) is 6.79 Å². The minimum atomic E-state index is -1.05. The molecule has 0 bridgehead atoms. The molecule has 31 heavy (non-hydrogen) atoms. The van der Waals surface area contributed by atoms with Gasteiger partial charge in [-0.05, 0) is 48.2 Å². The number of rotatable bonds is 6. The normalized spacial score (nSPS) is 17.6. The monoisotopic (exact) mass is 456 g/mol. The van der Waals surface area contributed by atoms with Gasteiger partial charge in [0, 0.05) is 11.8 Å². The van der Waals surface area contributed by atoms with Crippen LogP contribution >= 0.6 is 24.0 Å². The summed E-state index contributed by atoms with van der Waals surface area (Å²) < 4.78 is 11.0. The predicted octanol–water partition coefficient (Wildman–Crippen LogP) is 4.18. The summed E-state index contributed by atoms with van der Waals surface area (Å²) in [5, 5.41) is 9.58. The highest BCUT2D eigenvalue weighted by Crippen LogP contribution is 2.37. The highest BCUT2D eigenvalue weighted by Gasteiger charge is 2.40. The molecule has 4 rings (SSSR count). The van der Waals surface area contributed by atoms with E-state index in [1.165, 1.54) is 4.90 Å². The molecule has 3 heterocycles. The van der Waals surface area contributed by atoms with E-state index in [-0.39, 0.29) is 22.9 Å². The maximum atomic E-state index is 12.9. The zero-order valence-electron chi connectivity index (χ0n) is 16.9. The average Bonchev–Trinajstić information content (AvgIpc) is 3.30. The third kappa shape index (κ3) is 4.42. The summed E-state index contributed by atoms with van der Waals surface area (Å²) in [7, 11) is 0. The number of benzene rings is 1. The van der Waals surface area contributed by atoms with Crippen molar-refractivity contribution in [3.05, 3.63) is 47.0 Å². The van der Waals surface area contributed by atoms with Crippen molar-refractivity contribution in [2.24, 2.45) is 5.92 Å². The number of fused-ring (bicyclic) bond motifs is 1. The average molecular weight is 457 g/mol. The molecule has 0 radical (unpaired) electrons. The van der Waals surface area contributed by atoms with Gasteiger partial charge >= 0.3 is 5.97 Å². The van der Waals surface area contributed by atoms with Crippen LogP contribution in [-0.4, -0.2) is 44.0 Å². The number of ether oxygens (including phenoxy) is 2. The van der Waals surface area contributed by atoms with Crippen molar-refractivity contribution in [3.63, 3.8) is 0 Å². The fourth-order valence-corrected chi connectivity index (χ4v) is 4.74. The van der Waals surface area contributed by atoms with Crippen molar-refractivity contribution >= 4 is 46.3 Å². The summed E-state index contributed by atoms with van der Waals surface area (Å²) in [5.74, 6) is 0.0625. The number of aliphatic carboxylic acids is 1. The van der Waals surface area contributed by atoms with Crippen LogP contribution in [-0.2, 0) is 9.59 Å². The number of thioether (sulfide) groups is 1. The highest BCUT2D eigenvalue weighted by atomic mass is 32.2. The Morgan fingerprint density at radius 2 is 2.06 bits per heavy atom. The zero-order valence-corrected chi connectivity index (χ0v) is 18.5. The van der Waals surface area contributed by atoms with Gasteiger partial charge in [-0.1, -0.05) is 43.9 Å². The van der Waals surface area contributed by atoms with Crippen molar-refractivity contribution in [3.8, 4) is 22.8 Å². The van der Waals surface area contributed by atoms with E-state index in [1.807, 2.05) is 44.2 Å². The lowest BCUT2D eigenvalue weighted by atomic mass is 10.0. The molecule has 2 aliphatic heterocycles. The van der Waals surface area contributed by atoms with Gasteiger partial charge in [-0.2, -0.15) is 0 Å². The quantitative estimate of drug-likeness (QED) is 0.512. The molecule has 2 aromatic rings. The van der Waals surface area contributed by atoms with Crippen LogP contribution in [0.5, 0.6) is 11.5 Å². The van der Waals surface area contributed by atoms with Crippen molar-refractivity contribution in [2.45, 2.75) is 26.3 Å². The van der Waals surface area contributed by atoms with E-state index in [4.69, 9.17) is 21.7 Å². The number of carbonyl (C=O) groups is 2. The SMILES string of the molecule is CC(C)CC(C(=O)O)N1C(=O)C(=Cc2ccc(-c3ccc4c(c3)OCO4)nc2)SC1=S. The zero-order chi connectivity index (χ0) is 22.1. The van der Waals surface area contributed by atoms with Crippen LogP contribution < -0.4 is 9.47 Å². The lowest BCUT2D eigenvalue weighted by Crippen LogP contribution is -2.44. The molecule has 7 nitrogen and oxygen atoms in total. The first-order valence-electron chi connectivity index (χ1n) is 9.69. The number of carboxylic acid groups (broad SMARTS) is 1. The fraction of sp³-hybridized carbons (Fsp3) is 0.273. The number of hydrogen-bond acceptors (Lipinski definition) is 7. The molecule has 9 heteroatoms. The molecule has 1 saturated heterocycles. The van der Waals surface area contributed by atoms with Gasteiger partial charge in [0.1, 0.15) is 10.4 Å². The number of aromatic nitrogens is 1. The molecule has 0 saturated carbocycles. The Bertz CT molecular complexity index is 1080. The van der Waals surface area contributed by atoms with Crippen molar-refractivity contribution in [1.29, 1.82) is 0 Å². The van der Waals surface area contributed by atoms with E-state index in [1.54, 1.807) is 12.3 Å². The Morgan fingerprint density at radius 1 is 1.29 bits per heavy atom. The summed E-state index contributed by atoms with van der Waals surface area (Å²) in [6.07, 6.45) is 3.68. The molecule has 1 fully saturated rings. The Kier molecular flexibility index (Phi) is 5.97. The van der Waals surface area contributed by atoms with Gasteiger partial charge < -0.3 is 14.6 Å². The largest absolute Gasteiger partial charge is 0.480 e. The lowest BCUT2D eigenvalue weighted by molar-refractivity contribution is -0.145. The second kappa shape index (κ2) is 8.68. The van der Waals surface area contributed by atoms with Gasteiger partial charge in [0.15, 0.2) is 11.5 Å². The number of amides is 1. The summed E-state index contributed by atoms with van der Waals surface area (Å²) in [4.78, 5) is 30.7. The minimum absolute atomic E-state index is 0.114. The maximum absolute atomic E-state index is 12.9. The van der Waals surface area contributed by atoms with E-state index in [0.717, 1.165) is 28.6 Å². The van der Waals surface area contributed by atoms with Gasteiger partial charge in [-0.15, -0.1) is 0 Å². The van der Waals surface area contributed by atoms with E-state index in [0.29, 0.717) is 22.8 Å². The van der Waals surface area contributed by atoms with E-state index in [9.17, 15) is 14.7 Å². The van der Waals surface area contributed by atoms with Gasteiger partial charge in [-0.3, -0.25) is 14.7 Å². The summed E-state index contributed by atoms with van der Waals surface area (Å²) in [5.41, 5.74) is 2.37. The van der Waals surface area contributed by atoms with Gasteiger partial charge in [-0.25, -0.2) is 4.79 Å². The third-order valence-electron chi connectivity index (χ3n) is 4.87. The number of carboxylic acids is 1. The number of hydrogen-bond donors (Lipinski definition) is 1. The Hall–Kier alpha value is -2.91. The third-order valence-corrected chi connectivity index (χ3v) is 6.20. The van der Waals surface area contributed by atoms with Crippen molar-refractivity contribution in [1.82, 2.24) is 9.88 Å². The van der Waals surface area contributed by atoms with E-state index in [2.05, 4.69) is 4.98 Å². The molecule has 0 spiro atoms. The molecule has 1 aromatic carbocycles. The molecule has 1 unspecified atom stereocenters. The molecule has 1 amide bonds. The van der Waals surface area contributed by atoms with Gasteiger partial charge in [0.25, 0.3) is 5.91 Å². The van der Waals surface area contributed by atoms with Crippen molar-refractivity contribution in [2.75, 3.05) is 6.79 Å². The van der Waals surface area contributed by atoms with Crippen LogP contribution in [0.2, 0.25) is 0 Å². The molecule has 1 N–H and O–H groups in total. The Balaban J connectivity index is 1.54. The molecular formula is C22H20N2O5S2. The number of thiocarbonyl (C=S) groups is 1. The van der Waals surface area contributed by atoms with Crippen LogP contribution in [0.3, 0.4) is 0 Å². The van der Waals surface area contributed by atoms with Crippen LogP contribution in [0.25, 0.3) is 17.3 Å². The maximum Gasteiger partial charge on any atom is 0.326 e. The second-order valence-electron chi connectivity index (χ2n) is 7.58. The molecule has 0 aliphatic carbocycles.